The van der Waals surface area contributed by atoms with Crippen LogP contribution in [0.25, 0.3) is 0 Å². The summed E-state index contributed by atoms with van der Waals surface area (Å²) >= 11 is 0. The molecule has 1 saturated heterocycles. The first-order valence-corrected chi connectivity index (χ1v) is 19.1. The summed E-state index contributed by atoms with van der Waals surface area (Å²) in [7, 11) is -3.89. The second kappa shape index (κ2) is 13.9. The fraction of sp³-hybridized carbons (Fsp3) is 0.629. The van der Waals surface area contributed by atoms with Gasteiger partial charge in [-0.1, -0.05) is 49.3 Å². The lowest BCUT2D eigenvalue weighted by molar-refractivity contribution is -0.141. The Kier molecular flexibility index (Phi) is 9.90. The van der Waals surface area contributed by atoms with E-state index in [4.69, 9.17) is 9.47 Å². The third kappa shape index (κ3) is 8.08. The van der Waals surface area contributed by atoms with Gasteiger partial charge in [0.15, 0.2) is 0 Å². The largest absolute Gasteiger partial charge is 0.444 e. The van der Waals surface area contributed by atoms with E-state index < -0.39 is 80.4 Å². The molecule has 14 nitrogen and oxygen atoms in total. The van der Waals surface area contributed by atoms with Crippen LogP contribution in [0.5, 0.6) is 0 Å². The zero-order valence-corrected chi connectivity index (χ0v) is 29.6. The maximum absolute atomic E-state index is 14.3. The Balaban J connectivity index is 1.25. The first-order valence-electron chi connectivity index (χ1n) is 17.5. The molecule has 0 aromatic heterocycles. The van der Waals surface area contributed by atoms with Crippen molar-refractivity contribution in [1.29, 1.82) is 0 Å². The van der Waals surface area contributed by atoms with Gasteiger partial charge in [0, 0.05) is 25.4 Å². The lowest BCUT2D eigenvalue weighted by Crippen LogP contribution is -2.58. The van der Waals surface area contributed by atoms with Crippen molar-refractivity contribution in [2.24, 2.45) is 5.92 Å². The average molecular weight is 714 g/mol. The highest BCUT2D eigenvalue weighted by Crippen LogP contribution is 2.46. The molecule has 5 aliphatic rings. The Morgan fingerprint density at radius 3 is 2.36 bits per heavy atom. The third-order valence-electron chi connectivity index (χ3n) is 9.90. The first-order chi connectivity index (χ1) is 23.6. The van der Waals surface area contributed by atoms with Crippen LogP contribution in [-0.2, 0) is 47.0 Å². The molecule has 0 unspecified atom stereocenters. The number of hydrogen-bond donors (Lipinski definition) is 3. The summed E-state index contributed by atoms with van der Waals surface area (Å²) in [5, 5.41) is 4.88. The SMILES string of the molecule is CC(C)(C)OC(=O)N[C@H]1CCCCC/C=C\[C@H]2C[C@@]2(C(=O)NS(=O)(=O)C2CC2)NC(=O)[C@@H]2C[C@@H](OC(=O)N3Cc4ccccc4C3)CN2C1=O. The van der Waals surface area contributed by atoms with Gasteiger partial charge in [-0.2, -0.15) is 0 Å². The third-order valence-corrected chi connectivity index (χ3v) is 11.7. The monoisotopic (exact) mass is 713 g/mol. The zero-order valence-electron chi connectivity index (χ0n) is 28.8. The van der Waals surface area contributed by atoms with Gasteiger partial charge in [0.05, 0.1) is 11.8 Å². The minimum Gasteiger partial charge on any atom is -0.444 e. The molecular formula is C35H47N5O9S. The van der Waals surface area contributed by atoms with Gasteiger partial charge in [-0.25, -0.2) is 18.0 Å². The summed E-state index contributed by atoms with van der Waals surface area (Å²) in [5.74, 6) is -2.47. The van der Waals surface area contributed by atoms with E-state index in [1.807, 2.05) is 36.4 Å². The minimum atomic E-state index is -3.89. The molecule has 0 bridgehead atoms. The van der Waals surface area contributed by atoms with Crippen LogP contribution < -0.4 is 15.4 Å². The van der Waals surface area contributed by atoms with E-state index in [2.05, 4.69) is 15.4 Å². The molecule has 15 heteroatoms. The number of carbonyl (C=O) groups is 5. The number of carbonyl (C=O) groups excluding carboxylic acids is 5. The van der Waals surface area contributed by atoms with Gasteiger partial charge < -0.3 is 25.0 Å². The number of allylic oxidation sites excluding steroid dienone is 1. The second-order valence-electron chi connectivity index (χ2n) is 15.1. The molecule has 50 heavy (non-hydrogen) atoms. The Morgan fingerprint density at radius 1 is 1.00 bits per heavy atom. The molecule has 2 saturated carbocycles. The van der Waals surface area contributed by atoms with E-state index >= 15 is 0 Å². The number of benzene rings is 1. The van der Waals surface area contributed by atoms with Gasteiger partial charge in [-0.05, 0) is 70.4 Å². The summed E-state index contributed by atoms with van der Waals surface area (Å²) in [6.45, 7) is 5.76. The standard InChI is InChI=1S/C35H47N5O9S/c1-34(2,3)49-32(44)36-27-14-8-6-4-5-7-13-24-18-35(24,31(43)38-50(46,47)26-15-16-26)37-29(41)28-17-25(21-40(28)30(27)42)48-33(45)39-19-22-11-9-10-12-23(22)20-39/h7,9-13,24-28H,4-6,8,14-21H2,1-3H3,(H,36,44)(H,37,41)(H,38,43)/b13-7-/t24-,25+,27-,28-,35+/m0/s1. The van der Waals surface area contributed by atoms with Crippen LogP contribution in [0.2, 0.25) is 0 Å². The number of rotatable bonds is 5. The van der Waals surface area contributed by atoms with Gasteiger partial charge in [0.2, 0.25) is 21.8 Å². The first kappa shape index (κ1) is 35.7. The van der Waals surface area contributed by atoms with Crippen LogP contribution in [0.1, 0.15) is 89.7 Å². The number of fused-ring (bicyclic) bond motifs is 3. The van der Waals surface area contributed by atoms with Gasteiger partial charge in [-0.15, -0.1) is 0 Å². The van der Waals surface area contributed by atoms with Crippen molar-refractivity contribution in [3.8, 4) is 0 Å². The van der Waals surface area contributed by atoms with Crippen LogP contribution in [0.4, 0.5) is 9.59 Å². The molecule has 6 rings (SSSR count). The van der Waals surface area contributed by atoms with E-state index in [1.165, 1.54) is 4.90 Å². The smallest absolute Gasteiger partial charge is 0.410 e. The quantitative estimate of drug-likeness (QED) is 0.387. The van der Waals surface area contributed by atoms with E-state index in [1.54, 1.807) is 25.7 Å². The fourth-order valence-electron chi connectivity index (χ4n) is 6.98. The van der Waals surface area contributed by atoms with E-state index in [-0.39, 0.29) is 25.8 Å². The molecule has 2 aliphatic carbocycles. The molecule has 3 aliphatic heterocycles. The molecule has 5 atom stereocenters. The zero-order chi connectivity index (χ0) is 35.8. The van der Waals surface area contributed by atoms with Gasteiger partial charge in [0.1, 0.15) is 29.3 Å². The predicted octanol–water partition coefficient (Wildman–Crippen LogP) is 3.01. The molecule has 5 amide bonds. The molecular weight excluding hydrogens is 666 g/mol. The van der Waals surface area contributed by atoms with E-state index in [0.717, 1.165) is 24.0 Å². The number of nitrogens with one attached hydrogen (secondary N) is 3. The van der Waals surface area contributed by atoms with Crippen molar-refractivity contribution in [2.45, 2.75) is 126 Å². The number of amides is 5. The Hall–Kier alpha value is -4.14. The van der Waals surface area contributed by atoms with Crippen molar-refractivity contribution in [2.75, 3.05) is 6.54 Å². The summed E-state index contributed by atoms with van der Waals surface area (Å²) in [4.78, 5) is 71.1. The van der Waals surface area contributed by atoms with Crippen molar-refractivity contribution in [1.82, 2.24) is 25.2 Å². The molecule has 0 spiro atoms. The van der Waals surface area contributed by atoms with Gasteiger partial charge in [0.25, 0.3) is 5.91 Å². The Labute approximate surface area is 292 Å². The second-order valence-corrected chi connectivity index (χ2v) is 17.0. The molecule has 1 aromatic rings. The molecule has 1 aromatic carbocycles. The Morgan fingerprint density at radius 2 is 1.70 bits per heavy atom. The van der Waals surface area contributed by atoms with Crippen LogP contribution in [0, 0.1) is 5.92 Å². The Bertz CT molecular complexity index is 1640. The molecule has 272 valence electrons. The van der Waals surface area contributed by atoms with Gasteiger partial charge in [-0.3, -0.25) is 24.0 Å². The van der Waals surface area contributed by atoms with Crippen LogP contribution in [-0.4, -0.2) is 89.2 Å². The van der Waals surface area contributed by atoms with Crippen LogP contribution >= 0.6 is 0 Å². The molecule has 3 fully saturated rings. The predicted molar refractivity (Wildman–Crippen MR) is 181 cm³/mol. The van der Waals surface area contributed by atoms with Crippen molar-refractivity contribution < 1.29 is 41.9 Å². The van der Waals surface area contributed by atoms with E-state index in [9.17, 15) is 32.4 Å². The maximum atomic E-state index is 14.3. The highest BCUT2D eigenvalue weighted by Gasteiger charge is 2.62. The highest BCUT2D eigenvalue weighted by atomic mass is 32.2. The number of nitrogens with zero attached hydrogens (tertiary/aromatic N) is 2. The van der Waals surface area contributed by atoms with Crippen molar-refractivity contribution >= 4 is 39.9 Å². The van der Waals surface area contributed by atoms with Crippen LogP contribution in [0.3, 0.4) is 0 Å². The summed E-state index contributed by atoms with van der Waals surface area (Å²) in [6.07, 6.45) is 5.72. The molecule has 3 heterocycles. The maximum Gasteiger partial charge on any atom is 0.410 e. The molecule has 3 N–H and O–H groups in total. The topological polar surface area (TPSA) is 181 Å². The minimum absolute atomic E-state index is 0.0537. The normalized spacial score (nSPS) is 29.3. The summed E-state index contributed by atoms with van der Waals surface area (Å²) in [5.41, 5.74) is -0.315. The fourth-order valence-corrected chi connectivity index (χ4v) is 8.34. The number of sulfonamides is 1. The lowest BCUT2D eigenvalue weighted by atomic mass is 10.0. The average Bonchev–Trinajstić information content (AvgIpc) is 3.92. The van der Waals surface area contributed by atoms with E-state index in [0.29, 0.717) is 38.8 Å². The van der Waals surface area contributed by atoms with Crippen LogP contribution in [0.15, 0.2) is 36.4 Å². The van der Waals surface area contributed by atoms with Crippen molar-refractivity contribution in [3.05, 3.63) is 47.5 Å². The highest BCUT2D eigenvalue weighted by molar-refractivity contribution is 7.91. The number of hydrogen-bond acceptors (Lipinski definition) is 9. The lowest BCUT2D eigenvalue weighted by Gasteiger charge is -2.30. The number of ether oxygens (including phenoxy) is 2. The molecule has 0 radical (unpaired) electrons. The van der Waals surface area contributed by atoms with Gasteiger partial charge >= 0.3 is 12.2 Å². The van der Waals surface area contributed by atoms with Crippen molar-refractivity contribution in [3.63, 3.8) is 0 Å². The number of alkyl carbamates (subject to hydrolysis) is 1. The summed E-state index contributed by atoms with van der Waals surface area (Å²) in [6, 6.07) is 5.49. The summed E-state index contributed by atoms with van der Waals surface area (Å²) < 4.78 is 39.0.